The molecule has 1 unspecified atom stereocenters. The van der Waals surface area contributed by atoms with E-state index in [1.807, 2.05) is 31.2 Å². The first kappa shape index (κ1) is 17.3. The lowest BCUT2D eigenvalue weighted by molar-refractivity contribution is 0.180. The van der Waals surface area contributed by atoms with Crippen LogP contribution in [0.3, 0.4) is 0 Å². The van der Waals surface area contributed by atoms with E-state index >= 15 is 0 Å². The Balaban J connectivity index is 2.55. The molecule has 1 atom stereocenters. The summed E-state index contributed by atoms with van der Waals surface area (Å²) in [6, 6.07) is 7.42. The van der Waals surface area contributed by atoms with Gasteiger partial charge in [-0.2, -0.15) is 0 Å². The highest BCUT2D eigenvalue weighted by molar-refractivity contribution is 5.79. The van der Waals surface area contributed by atoms with Crippen LogP contribution in [0.15, 0.2) is 29.3 Å². The number of guanidine groups is 1. The van der Waals surface area contributed by atoms with Crippen molar-refractivity contribution in [2.45, 2.75) is 26.9 Å². The summed E-state index contributed by atoms with van der Waals surface area (Å²) < 4.78 is 5.11. The molecular weight excluding hydrogens is 266 g/mol. The summed E-state index contributed by atoms with van der Waals surface area (Å²) in [6.45, 7) is 8.23. The molecule has 1 aromatic carbocycles. The molecular formula is C16H27N3O2. The van der Waals surface area contributed by atoms with Crippen molar-refractivity contribution in [3.8, 4) is 5.75 Å². The Morgan fingerprint density at radius 1 is 1.24 bits per heavy atom. The maximum atomic E-state index is 10.2. The van der Waals surface area contributed by atoms with Gasteiger partial charge in [0.25, 0.3) is 0 Å². The van der Waals surface area contributed by atoms with Crippen LogP contribution in [0.5, 0.6) is 5.75 Å². The standard InChI is InChI=1S/C16H27N3O2/c1-5-17-16(18-10-12(2)3)19-11-15(20)13-6-8-14(21-4)9-7-13/h6-9,12,15,20H,5,10-11H2,1-4H3,(H2,17,18,19). The average molecular weight is 293 g/mol. The quantitative estimate of drug-likeness (QED) is 0.531. The van der Waals surface area contributed by atoms with Crippen molar-refractivity contribution >= 4 is 5.96 Å². The summed E-state index contributed by atoms with van der Waals surface area (Å²) in [4.78, 5) is 4.47. The topological polar surface area (TPSA) is 65.9 Å². The molecule has 118 valence electrons. The van der Waals surface area contributed by atoms with E-state index in [9.17, 15) is 5.11 Å². The molecule has 0 saturated carbocycles. The van der Waals surface area contributed by atoms with E-state index in [0.29, 0.717) is 12.5 Å². The van der Waals surface area contributed by atoms with E-state index in [4.69, 9.17) is 4.74 Å². The number of nitrogens with one attached hydrogen (secondary N) is 2. The summed E-state index contributed by atoms with van der Waals surface area (Å²) in [5, 5.41) is 16.5. The second-order valence-corrected chi connectivity index (χ2v) is 5.28. The Morgan fingerprint density at radius 2 is 1.90 bits per heavy atom. The van der Waals surface area contributed by atoms with Crippen molar-refractivity contribution in [1.82, 2.24) is 10.6 Å². The molecule has 5 heteroatoms. The van der Waals surface area contributed by atoms with E-state index in [1.54, 1.807) is 7.11 Å². The summed E-state index contributed by atoms with van der Waals surface area (Å²) in [6.07, 6.45) is -0.584. The van der Waals surface area contributed by atoms with Gasteiger partial charge < -0.3 is 20.5 Å². The van der Waals surface area contributed by atoms with E-state index in [1.165, 1.54) is 0 Å². The maximum Gasteiger partial charge on any atom is 0.191 e. The number of ether oxygens (including phenoxy) is 1. The Labute approximate surface area is 127 Å². The van der Waals surface area contributed by atoms with Crippen LogP contribution in [0.25, 0.3) is 0 Å². The van der Waals surface area contributed by atoms with Gasteiger partial charge in [-0.05, 0) is 30.5 Å². The van der Waals surface area contributed by atoms with Gasteiger partial charge in [0.15, 0.2) is 5.96 Å². The Hall–Kier alpha value is -1.75. The van der Waals surface area contributed by atoms with Gasteiger partial charge in [-0.3, -0.25) is 4.99 Å². The zero-order valence-electron chi connectivity index (χ0n) is 13.4. The average Bonchev–Trinajstić information content (AvgIpc) is 2.49. The maximum absolute atomic E-state index is 10.2. The molecule has 0 fully saturated rings. The van der Waals surface area contributed by atoms with Crippen LogP contribution < -0.4 is 15.4 Å². The predicted octanol–water partition coefficient (Wildman–Crippen LogP) is 1.94. The molecule has 0 bridgehead atoms. The molecule has 0 spiro atoms. The monoisotopic (exact) mass is 293 g/mol. The molecule has 0 aliphatic heterocycles. The van der Waals surface area contributed by atoms with Gasteiger partial charge in [-0.25, -0.2) is 0 Å². The number of hydrogen-bond acceptors (Lipinski definition) is 3. The second kappa shape index (κ2) is 9.23. The van der Waals surface area contributed by atoms with Crippen molar-refractivity contribution < 1.29 is 9.84 Å². The van der Waals surface area contributed by atoms with Crippen molar-refractivity contribution in [2.24, 2.45) is 10.9 Å². The highest BCUT2D eigenvalue weighted by atomic mass is 16.5. The number of benzene rings is 1. The van der Waals surface area contributed by atoms with Crippen molar-refractivity contribution in [3.05, 3.63) is 29.8 Å². The highest BCUT2D eigenvalue weighted by Crippen LogP contribution is 2.16. The summed E-state index contributed by atoms with van der Waals surface area (Å²) in [5.74, 6) is 2.02. The molecule has 21 heavy (non-hydrogen) atoms. The molecule has 3 N–H and O–H groups in total. The van der Waals surface area contributed by atoms with Gasteiger partial charge in [-0.1, -0.05) is 26.0 Å². The van der Waals surface area contributed by atoms with Gasteiger partial charge in [0, 0.05) is 19.6 Å². The number of aliphatic imine (C=N–C) groups is 1. The van der Waals surface area contributed by atoms with Crippen molar-refractivity contribution in [3.63, 3.8) is 0 Å². The number of aliphatic hydroxyl groups is 1. The van der Waals surface area contributed by atoms with E-state index in [-0.39, 0.29) is 0 Å². The lowest BCUT2D eigenvalue weighted by atomic mass is 10.1. The molecule has 0 saturated heterocycles. The molecule has 0 amide bonds. The number of rotatable bonds is 7. The largest absolute Gasteiger partial charge is 0.497 e. The van der Waals surface area contributed by atoms with Gasteiger partial charge >= 0.3 is 0 Å². The van der Waals surface area contributed by atoms with Gasteiger partial charge in [0.2, 0.25) is 0 Å². The van der Waals surface area contributed by atoms with Gasteiger partial charge in [-0.15, -0.1) is 0 Å². The fourth-order valence-corrected chi connectivity index (χ4v) is 1.75. The van der Waals surface area contributed by atoms with Crippen LogP contribution in [0, 0.1) is 5.92 Å². The van der Waals surface area contributed by atoms with Crippen molar-refractivity contribution in [1.29, 1.82) is 0 Å². The highest BCUT2D eigenvalue weighted by Gasteiger charge is 2.08. The first-order valence-corrected chi connectivity index (χ1v) is 7.41. The summed E-state index contributed by atoms with van der Waals surface area (Å²) in [7, 11) is 1.63. The lowest BCUT2D eigenvalue weighted by Gasteiger charge is -2.16. The number of nitrogens with zero attached hydrogens (tertiary/aromatic N) is 1. The summed E-state index contributed by atoms with van der Waals surface area (Å²) in [5.41, 5.74) is 0.850. The van der Waals surface area contributed by atoms with Crippen LogP contribution in [-0.2, 0) is 0 Å². The zero-order valence-corrected chi connectivity index (χ0v) is 13.4. The minimum absolute atomic E-state index is 0.413. The number of aliphatic hydroxyl groups excluding tert-OH is 1. The zero-order chi connectivity index (χ0) is 15.7. The Morgan fingerprint density at radius 3 is 2.43 bits per heavy atom. The SMILES string of the molecule is CCNC(=NCC(C)C)NCC(O)c1ccc(OC)cc1. The third-order valence-electron chi connectivity index (χ3n) is 2.92. The second-order valence-electron chi connectivity index (χ2n) is 5.28. The normalized spacial score (nSPS) is 13.1. The lowest BCUT2D eigenvalue weighted by Crippen LogP contribution is -2.39. The Kier molecular flexibility index (Phi) is 7.61. The van der Waals surface area contributed by atoms with Gasteiger partial charge in [0.1, 0.15) is 5.75 Å². The molecule has 5 nitrogen and oxygen atoms in total. The molecule has 0 heterocycles. The Bertz CT molecular complexity index is 430. The summed E-state index contributed by atoms with van der Waals surface area (Å²) >= 11 is 0. The van der Waals surface area contributed by atoms with Crippen LogP contribution in [-0.4, -0.2) is 37.8 Å². The van der Waals surface area contributed by atoms with E-state index in [2.05, 4.69) is 29.5 Å². The minimum atomic E-state index is -0.584. The number of hydrogen-bond donors (Lipinski definition) is 3. The smallest absolute Gasteiger partial charge is 0.191 e. The third kappa shape index (κ3) is 6.49. The molecule has 0 aromatic heterocycles. The first-order chi connectivity index (χ1) is 10.1. The number of methoxy groups -OCH3 is 1. The molecule has 1 aromatic rings. The van der Waals surface area contributed by atoms with Crippen LogP contribution in [0.4, 0.5) is 0 Å². The predicted molar refractivity (Wildman–Crippen MR) is 86.8 cm³/mol. The molecule has 0 radical (unpaired) electrons. The van der Waals surface area contributed by atoms with Crippen LogP contribution in [0.2, 0.25) is 0 Å². The molecule has 0 aliphatic rings. The minimum Gasteiger partial charge on any atom is -0.497 e. The van der Waals surface area contributed by atoms with Crippen LogP contribution >= 0.6 is 0 Å². The van der Waals surface area contributed by atoms with Crippen LogP contribution in [0.1, 0.15) is 32.4 Å². The first-order valence-electron chi connectivity index (χ1n) is 7.41. The third-order valence-corrected chi connectivity index (χ3v) is 2.92. The fraction of sp³-hybridized carbons (Fsp3) is 0.562. The fourth-order valence-electron chi connectivity index (χ4n) is 1.75. The van der Waals surface area contributed by atoms with Crippen molar-refractivity contribution in [2.75, 3.05) is 26.7 Å². The van der Waals surface area contributed by atoms with E-state index < -0.39 is 6.10 Å². The van der Waals surface area contributed by atoms with E-state index in [0.717, 1.165) is 30.4 Å². The van der Waals surface area contributed by atoms with Gasteiger partial charge in [0.05, 0.1) is 13.2 Å². The molecule has 1 rings (SSSR count). The molecule has 0 aliphatic carbocycles.